The molecule has 6 heteroatoms. The molecule has 0 aromatic heterocycles. The van der Waals surface area contributed by atoms with Crippen LogP contribution in [0.2, 0.25) is 0 Å². The average Bonchev–Trinajstić information content (AvgIpc) is 2.26. The molecule has 100 valence electrons. The largest absolute Gasteiger partial charge is 0.479 e. The van der Waals surface area contributed by atoms with Crippen LogP contribution in [0.3, 0.4) is 0 Å². The van der Waals surface area contributed by atoms with Crippen molar-refractivity contribution in [2.45, 2.75) is 44.5 Å². The standard InChI is InChI=1S/C11H21NO4S/c1-4-5-6-17-8(2)9(13)12-7-11(3,16)10(14)15/h8,16H,4-7H2,1-3H3,(H,12,13)(H,14,15). The highest BCUT2D eigenvalue weighted by atomic mass is 32.2. The maximum atomic E-state index is 11.6. The fraction of sp³-hybridized carbons (Fsp3) is 0.818. The van der Waals surface area contributed by atoms with Crippen LogP contribution in [-0.4, -0.2) is 45.2 Å². The van der Waals surface area contributed by atoms with E-state index in [1.165, 1.54) is 11.8 Å². The zero-order valence-electron chi connectivity index (χ0n) is 10.5. The smallest absolute Gasteiger partial charge is 0.337 e. The SMILES string of the molecule is CCCCSC(C)C(=O)NCC(C)(O)C(=O)O. The summed E-state index contributed by atoms with van der Waals surface area (Å²) >= 11 is 1.53. The lowest BCUT2D eigenvalue weighted by Crippen LogP contribution is -2.48. The molecule has 0 aliphatic heterocycles. The molecule has 1 amide bonds. The van der Waals surface area contributed by atoms with Crippen LogP contribution in [0.4, 0.5) is 0 Å². The van der Waals surface area contributed by atoms with Crippen LogP contribution < -0.4 is 5.32 Å². The summed E-state index contributed by atoms with van der Waals surface area (Å²) in [5.41, 5.74) is -1.91. The number of aliphatic carboxylic acids is 1. The fourth-order valence-electron chi connectivity index (χ4n) is 0.959. The van der Waals surface area contributed by atoms with Gasteiger partial charge in [-0.15, -0.1) is 11.8 Å². The second kappa shape index (κ2) is 7.55. The van der Waals surface area contributed by atoms with Crippen molar-refractivity contribution in [3.05, 3.63) is 0 Å². The van der Waals surface area contributed by atoms with E-state index in [1.54, 1.807) is 6.92 Å². The normalized spacial score (nSPS) is 16.0. The highest BCUT2D eigenvalue weighted by Gasteiger charge is 2.30. The monoisotopic (exact) mass is 263 g/mol. The number of carboxylic acid groups (broad SMARTS) is 1. The molecule has 0 bridgehead atoms. The first-order valence-corrected chi connectivity index (χ1v) is 6.71. The molecule has 17 heavy (non-hydrogen) atoms. The number of hydrogen-bond donors (Lipinski definition) is 3. The minimum atomic E-state index is -1.91. The average molecular weight is 263 g/mol. The Labute approximate surface area is 106 Å². The maximum absolute atomic E-state index is 11.6. The van der Waals surface area contributed by atoms with E-state index in [0.29, 0.717) is 0 Å². The van der Waals surface area contributed by atoms with Gasteiger partial charge in [0.25, 0.3) is 0 Å². The summed E-state index contributed by atoms with van der Waals surface area (Å²) in [5.74, 6) is -0.683. The van der Waals surface area contributed by atoms with Crippen molar-refractivity contribution in [1.29, 1.82) is 0 Å². The molecule has 0 rings (SSSR count). The second-order valence-corrected chi connectivity index (χ2v) is 5.61. The van der Waals surface area contributed by atoms with Crippen molar-refractivity contribution in [3.63, 3.8) is 0 Å². The quantitative estimate of drug-likeness (QED) is 0.565. The van der Waals surface area contributed by atoms with E-state index in [1.807, 2.05) is 0 Å². The van der Waals surface area contributed by atoms with Crippen LogP contribution in [0.5, 0.6) is 0 Å². The number of carbonyl (C=O) groups is 2. The molecule has 0 aromatic carbocycles. The maximum Gasteiger partial charge on any atom is 0.337 e. The molecule has 0 spiro atoms. The van der Waals surface area contributed by atoms with Gasteiger partial charge in [-0.3, -0.25) is 4.79 Å². The minimum Gasteiger partial charge on any atom is -0.479 e. The Bertz CT molecular complexity index is 268. The third-order valence-electron chi connectivity index (χ3n) is 2.30. The summed E-state index contributed by atoms with van der Waals surface area (Å²) in [6.07, 6.45) is 2.13. The lowest BCUT2D eigenvalue weighted by atomic mass is 10.1. The predicted molar refractivity (Wildman–Crippen MR) is 68.1 cm³/mol. The van der Waals surface area contributed by atoms with E-state index < -0.39 is 11.6 Å². The van der Waals surface area contributed by atoms with Crippen LogP contribution >= 0.6 is 11.8 Å². The number of carboxylic acids is 1. The van der Waals surface area contributed by atoms with Crippen molar-refractivity contribution in [3.8, 4) is 0 Å². The predicted octanol–water partition coefficient (Wildman–Crippen LogP) is 0.860. The van der Waals surface area contributed by atoms with Gasteiger partial charge in [0, 0.05) is 0 Å². The summed E-state index contributed by atoms with van der Waals surface area (Å²) < 4.78 is 0. The molecule has 0 radical (unpaired) electrons. The van der Waals surface area contributed by atoms with Crippen molar-refractivity contribution in [2.75, 3.05) is 12.3 Å². The molecule has 0 saturated heterocycles. The Hall–Kier alpha value is -0.750. The molecule has 5 nitrogen and oxygen atoms in total. The van der Waals surface area contributed by atoms with E-state index in [4.69, 9.17) is 5.11 Å². The van der Waals surface area contributed by atoms with Crippen molar-refractivity contribution in [1.82, 2.24) is 5.32 Å². The summed E-state index contributed by atoms with van der Waals surface area (Å²) in [4.78, 5) is 22.2. The van der Waals surface area contributed by atoms with Gasteiger partial charge in [0.05, 0.1) is 11.8 Å². The molecule has 0 aromatic rings. The lowest BCUT2D eigenvalue weighted by Gasteiger charge is -2.19. The first kappa shape index (κ1) is 16.2. The fourth-order valence-corrected chi connectivity index (χ4v) is 2.00. The summed E-state index contributed by atoms with van der Waals surface area (Å²) in [6.45, 7) is 4.73. The van der Waals surface area contributed by atoms with Gasteiger partial charge < -0.3 is 15.5 Å². The van der Waals surface area contributed by atoms with Crippen molar-refractivity contribution < 1.29 is 19.8 Å². The number of nitrogens with one attached hydrogen (secondary N) is 1. The number of hydrogen-bond acceptors (Lipinski definition) is 4. The minimum absolute atomic E-state index is 0.230. The van der Waals surface area contributed by atoms with Crippen LogP contribution in [-0.2, 0) is 9.59 Å². The number of amides is 1. The zero-order chi connectivity index (χ0) is 13.5. The number of rotatable bonds is 8. The first-order valence-electron chi connectivity index (χ1n) is 5.66. The number of carbonyl (C=O) groups excluding carboxylic acids is 1. The van der Waals surface area contributed by atoms with Gasteiger partial charge in [0.15, 0.2) is 5.60 Å². The molecule has 0 heterocycles. The molecule has 0 saturated carbocycles. The number of unbranched alkanes of at least 4 members (excludes halogenated alkanes) is 1. The van der Waals surface area contributed by atoms with E-state index in [9.17, 15) is 14.7 Å². The molecule has 2 atom stereocenters. The lowest BCUT2D eigenvalue weighted by molar-refractivity contribution is -0.156. The summed E-state index contributed by atoms with van der Waals surface area (Å²) in [6, 6.07) is 0. The van der Waals surface area contributed by atoms with Crippen LogP contribution in [0.25, 0.3) is 0 Å². The van der Waals surface area contributed by atoms with Gasteiger partial charge in [0.2, 0.25) is 5.91 Å². The number of thioether (sulfide) groups is 1. The highest BCUT2D eigenvalue weighted by Crippen LogP contribution is 2.13. The van der Waals surface area contributed by atoms with E-state index in [0.717, 1.165) is 25.5 Å². The third-order valence-corrected chi connectivity index (χ3v) is 3.54. The number of aliphatic hydroxyl groups is 1. The second-order valence-electron chi connectivity index (χ2n) is 4.16. The van der Waals surface area contributed by atoms with Crippen LogP contribution in [0.15, 0.2) is 0 Å². The summed E-state index contributed by atoms with van der Waals surface area (Å²) in [5, 5.41) is 20.3. The van der Waals surface area contributed by atoms with Gasteiger partial charge in [-0.25, -0.2) is 4.79 Å². The topological polar surface area (TPSA) is 86.6 Å². The van der Waals surface area contributed by atoms with Crippen molar-refractivity contribution >= 4 is 23.6 Å². The van der Waals surface area contributed by atoms with Crippen LogP contribution in [0.1, 0.15) is 33.6 Å². The highest BCUT2D eigenvalue weighted by molar-refractivity contribution is 8.00. The molecule has 2 unspecified atom stereocenters. The van der Waals surface area contributed by atoms with Gasteiger partial charge in [-0.05, 0) is 26.0 Å². The third kappa shape index (κ3) is 6.53. The Morgan fingerprint density at radius 1 is 1.47 bits per heavy atom. The van der Waals surface area contributed by atoms with Gasteiger partial charge in [-0.1, -0.05) is 13.3 Å². The van der Waals surface area contributed by atoms with Crippen molar-refractivity contribution in [2.24, 2.45) is 0 Å². The summed E-state index contributed by atoms with van der Waals surface area (Å²) in [7, 11) is 0. The molecule has 0 aliphatic carbocycles. The zero-order valence-corrected chi connectivity index (χ0v) is 11.3. The molecule has 3 N–H and O–H groups in total. The Balaban J connectivity index is 3.97. The van der Waals surface area contributed by atoms with Gasteiger partial charge >= 0.3 is 5.97 Å². The Kier molecular flexibility index (Phi) is 7.22. The van der Waals surface area contributed by atoms with Gasteiger partial charge in [0.1, 0.15) is 0 Å². The molecule has 0 aliphatic rings. The van der Waals surface area contributed by atoms with E-state index >= 15 is 0 Å². The van der Waals surface area contributed by atoms with Gasteiger partial charge in [-0.2, -0.15) is 0 Å². The Morgan fingerprint density at radius 2 is 2.06 bits per heavy atom. The molecule has 0 fully saturated rings. The Morgan fingerprint density at radius 3 is 2.53 bits per heavy atom. The van der Waals surface area contributed by atoms with Crippen LogP contribution in [0, 0.1) is 0 Å². The van der Waals surface area contributed by atoms with E-state index in [-0.39, 0.29) is 17.7 Å². The first-order chi connectivity index (χ1) is 7.81. The molecular weight excluding hydrogens is 242 g/mol. The molecular formula is C11H21NO4S. The van der Waals surface area contributed by atoms with E-state index in [2.05, 4.69) is 12.2 Å².